The minimum absolute atomic E-state index is 0.0632. The van der Waals surface area contributed by atoms with E-state index < -0.39 is 5.79 Å². The van der Waals surface area contributed by atoms with Crippen molar-refractivity contribution in [3.05, 3.63) is 64.5 Å². The number of benzene rings is 2. The van der Waals surface area contributed by atoms with Crippen LogP contribution in [0.5, 0.6) is 0 Å². The molecule has 1 fully saturated rings. The fraction of sp³-hybridized carbons (Fsp3) is 0.375. The van der Waals surface area contributed by atoms with Gasteiger partial charge in [-0.3, -0.25) is 9.69 Å². The molecular formula is C24H25NO3S. The molecule has 150 valence electrons. The molecule has 2 unspecified atom stereocenters. The summed E-state index contributed by atoms with van der Waals surface area (Å²) in [5.74, 6) is -0.404. The predicted octanol–water partition coefficient (Wildman–Crippen LogP) is 5.07. The van der Waals surface area contributed by atoms with Crippen LogP contribution in [0.3, 0.4) is 0 Å². The fourth-order valence-electron chi connectivity index (χ4n) is 4.48. The van der Waals surface area contributed by atoms with Gasteiger partial charge in [0.2, 0.25) is 5.91 Å². The molecule has 29 heavy (non-hydrogen) atoms. The number of amides is 1. The maximum Gasteiger partial charge on any atom is 0.224 e. The molecular weight excluding hydrogens is 382 g/mol. The normalized spacial score (nSPS) is 23.4. The van der Waals surface area contributed by atoms with Gasteiger partial charge >= 0.3 is 0 Å². The maximum absolute atomic E-state index is 12.6. The van der Waals surface area contributed by atoms with Crippen molar-refractivity contribution in [1.82, 2.24) is 0 Å². The molecule has 2 aromatic carbocycles. The Kier molecular flexibility index (Phi) is 4.69. The molecule has 1 saturated heterocycles. The van der Waals surface area contributed by atoms with Crippen LogP contribution in [0.2, 0.25) is 0 Å². The number of carbonyl (C=O) groups is 1. The van der Waals surface area contributed by atoms with E-state index in [1.54, 1.807) is 18.3 Å². The summed E-state index contributed by atoms with van der Waals surface area (Å²) >= 11 is 1.70. The summed E-state index contributed by atoms with van der Waals surface area (Å²) in [6.07, 6.45) is 2.73. The van der Waals surface area contributed by atoms with Gasteiger partial charge in [0.25, 0.3) is 0 Å². The van der Waals surface area contributed by atoms with E-state index in [2.05, 4.69) is 49.4 Å². The summed E-state index contributed by atoms with van der Waals surface area (Å²) in [6, 6.07) is 16.8. The Balaban J connectivity index is 1.45. The number of carbonyl (C=O) groups excluding carboxylic acids is 1. The smallest absolute Gasteiger partial charge is 0.224 e. The van der Waals surface area contributed by atoms with Gasteiger partial charge in [-0.15, -0.1) is 11.3 Å². The number of hydrogen-bond donors (Lipinski definition) is 0. The third-order valence-corrected chi connectivity index (χ3v) is 7.14. The van der Waals surface area contributed by atoms with Gasteiger partial charge in [-0.05, 0) is 41.3 Å². The Labute approximate surface area is 175 Å². The standard InChI is InChI=1S/C24H25NO3S/c1-16-15-27-24(28-16)11-10-19-12-23(29-22(19)13-24)25(17(2)26)14-20-8-5-7-18-6-3-4-9-21(18)20/h3-9,12,16H,10-11,13-15H2,1-2H3. The Hall–Kier alpha value is -2.21. The van der Waals surface area contributed by atoms with Crippen LogP contribution >= 0.6 is 11.3 Å². The highest BCUT2D eigenvalue weighted by Crippen LogP contribution is 2.43. The van der Waals surface area contributed by atoms with Crippen LogP contribution in [-0.2, 0) is 33.7 Å². The third kappa shape index (κ3) is 3.48. The van der Waals surface area contributed by atoms with Crippen LogP contribution in [0.25, 0.3) is 10.8 Å². The van der Waals surface area contributed by atoms with Gasteiger partial charge in [-0.2, -0.15) is 0 Å². The number of rotatable bonds is 3. The van der Waals surface area contributed by atoms with Crippen LogP contribution in [-0.4, -0.2) is 24.4 Å². The van der Waals surface area contributed by atoms with Crippen molar-refractivity contribution >= 4 is 33.0 Å². The molecule has 1 aliphatic heterocycles. The summed E-state index contributed by atoms with van der Waals surface area (Å²) < 4.78 is 12.1. The van der Waals surface area contributed by atoms with E-state index in [9.17, 15) is 4.79 Å². The van der Waals surface area contributed by atoms with Crippen molar-refractivity contribution in [2.24, 2.45) is 0 Å². The van der Waals surface area contributed by atoms with Crippen molar-refractivity contribution in [1.29, 1.82) is 0 Å². The first-order valence-electron chi connectivity index (χ1n) is 10.2. The number of thiophene rings is 1. The summed E-state index contributed by atoms with van der Waals surface area (Å²) in [4.78, 5) is 15.8. The molecule has 1 spiro atoms. The highest BCUT2D eigenvalue weighted by molar-refractivity contribution is 7.16. The number of aryl methyl sites for hydroxylation is 1. The van der Waals surface area contributed by atoms with Crippen molar-refractivity contribution < 1.29 is 14.3 Å². The molecule has 3 aromatic rings. The average Bonchev–Trinajstić information content (AvgIpc) is 3.29. The van der Waals surface area contributed by atoms with Gasteiger partial charge in [0.15, 0.2) is 5.79 Å². The molecule has 1 aromatic heterocycles. The Morgan fingerprint density at radius 3 is 2.86 bits per heavy atom. The maximum atomic E-state index is 12.6. The minimum atomic E-state index is -0.467. The second-order valence-electron chi connectivity index (χ2n) is 8.10. The predicted molar refractivity (Wildman–Crippen MR) is 116 cm³/mol. The summed E-state index contributed by atoms with van der Waals surface area (Å²) in [6.45, 7) is 4.95. The van der Waals surface area contributed by atoms with E-state index in [1.807, 2.05) is 11.0 Å². The van der Waals surface area contributed by atoms with Gasteiger partial charge in [-0.25, -0.2) is 0 Å². The van der Waals surface area contributed by atoms with E-state index in [0.717, 1.165) is 29.8 Å². The molecule has 0 bridgehead atoms. The van der Waals surface area contributed by atoms with Gasteiger partial charge in [0.1, 0.15) is 0 Å². The Morgan fingerprint density at radius 1 is 1.24 bits per heavy atom. The molecule has 4 nitrogen and oxygen atoms in total. The second kappa shape index (κ2) is 7.24. The van der Waals surface area contributed by atoms with Crippen LogP contribution in [0, 0.1) is 0 Å². The summed E-state index contributed by atoms with van der Waals surface area (Å²) in [5.41, 5.74) is 2.49. The molecule has 0 saturated carbocycles. The number of fused-ring (bicyclic) bond motifs is 2. The Morgan fingerprint density at radius 2 is 2.07 bits per heavy atom. The van der Waals surface area contributed by atoms with Crippen molar-refractivity contribution in [2.45, 2.75) is 51.5 Å². The molecule has 2 aliphatic rings. The first-order chi connectivity index (χ1) is 14.0. The summed E-state index contributed by atoms with van der Waals surface area (Å²) in [5, 5.41) is 3.41. The van der Waals surface area contributed by atoms with Gasteiger partial charge < -0.3 is 9.47 Å². The number of nitrogens with zero attached hydrogens (tertiary/aromatic N) is 1. The van der Waals surface area contributed by atoms with E-state index in [4.69, 9.17) is 9.47 Å². The highest BCUT2D eigenvalue weighted by atomic mass is 32.1. The zero-order valence-corrected chi connectivity index (χ0v) is 17.6. The van der Waals surface area contributed by atoms with Crippen LogP contribution in [0.4, 0.5) is 5.00 Å². The second-order valence-corrected chi connectivity index (χ2v) is 9.22. The van der Waals surface area contributed by atoms with Crippen molar-refractivity contribution in [3.8, 4) is 0 Å². The molecule has 5 heteroatoms. The minimum Gasteiger partial charge on any atom is -0.347 e. The largest absolute Gasteiger partial charge is 0.347 e. The van der Waals surface area contributed by atoms with E-state index in [1.165, 1.54) is 21.2 Å². The lowest BCUT2D eigenvalue weighted by molar-refractivity contribution is -0.172. The molecule has 1 amide bonds. The van der Waals surface area contributed by atoms with Gasteiger partial charge in [0, 0.05) is 24.6 Å². The quantitative estimate of drug-likeness (QED) is 0.608. The third-order valence-electron chi connectivity index (χ3n) is 5.94. The first-order valence-corrected chi connectivity index (χ1v) is 11.0. The molecule has 2 atom stereocenters. The highest BCUT2D eigenvalue weighted by Gasteiger charge is 2.43. The van der Waals surface area contributed by atoms with Crippen molar-refractivity contribution in [3.63, 3.8) is 0 Å². The Bertz CT molecular complexity index is 1070. The zero-order chi connectivity index (χ0) is 20.0. The fourth-order valence-corrected chi connectivity index (χ4v) is 5.82. The number of hydrogen-bond acceptors (Lipinski definition) is 4. The number of ether oxygens (including phenoxy) is 2. The topological polar surface area (TPSA) is 38.8 Å². The van der Waals surface area contributed by atoms with Crippen LogP contribution in [0.15, 0.2) is 48.5 Å². The monoisotopic (exact) mass is 407 g/mol. The van der Waals surface area contributed by atoms with E-state index >= 15 is 0 Å². The molecule has 1 aliphatic carbocycles. The van der Waals surface area contributed by atoms with Gasteiger partial charge in [-0.1, -0.05) is 42.5 Å². The average molecular weight is 408 g/mol. The summed E-state index contributed by atoms with van der Waals surface area (Å²) in [7, 11) is 0. The zero-order valence-electron chi connectivity index (χ0n) is 16.8. The van der Waals surface area contributed by atoms with Crippen molar-refractivity contribution in [2.75, 3.05) is 11.5 Å². The first kappa shape index (κ1) is 18.8. The molecule has 0 N–H and O–H groups in total. The van der Waals surface area contributed by atoms with Crippen LogP contribution < -0.4 is 4.90 Å². The van der Waals surface area contributed by atoms with Crippen LogP contribution in [0.1, 0.15) is 36.3 Å². The van der Waals surface area contributed by atoms with E-state index in [-0.39, 0.29) is 12.0 Å². The van der Waals surface area contributed by atoms with E-state index in [0.29, 0.717) is 13.2 Å². The lowest BCUT2D eigenvalue weighted by Gasteiger charge is -2.31. The van der Waals surface area contributed by atoms with Gasteiger partial charge in [0.05, 0.1) is 24.3 Å². The number of anilines is 1. The molecule has 2 heterocycles. The molecule has 5 rings (SSSR count). The SMILES string of the molecule is CC(=O)N(Cc1cccc2ccccc12)c1cc2c(s1)CC1(CC2)OCC(C)O1. The molecule has 0 radical (unpaired) electrons. The lowest BCUT2D eigenvalue weighted by Crippen LogP contribution is -2.36. The lowest BCUT2D eigenvalue weighted by atomic mass is 9.93.